The van der Waals surface area contributed by atoms with Gasteiger partial charge in [-0.3, -0.25) is 19.6 Å². The third-order valence-corrected chi connectivity index (χ3v) is 5.45. The smallest absolute Gasteiger partial charge is 0.270 e. The Morgan fingerprint density at radius 1 is 1.16 bits per heavy atom. The molecule has 1 amide bonds. The minimum atomic E-state index is -3.98. The van der Waals surface area contributed by atoms with E-state index in [1.807, 2.05) is 0 Å². The molecule has 25 heavy (non-hydrogen) atoms. The number of fused-ring (bicyclic) bond motifs is 1. The molecule has 8 nitrogen and oxygen atoms in total. The third kappa shape index (κ3) is 3.45. The first kappa shape index (κ1) is 16.9. The van der Waals surface area contributed by atoms with Gasteiger partial charge in [0.05, 0.1) is 9.82 Å². The fourth-order valence-electron chi connectivity index (χ4n) is 2.65. The predicted molar refractivity (Wildman–Crippen MR) is 92.0 cm³/mol. The first-order chi connectivity index (χ1) is 11.8. The summed E-state index contributed by atoms with van der Waals surface area (Å²) in [5, 5.41) is 13.6. The van der Waals surface area contributed by atoms with Crippen molar-refractivity contribution < 1.29 is 18.1 Å². The molecule has 0 saturated heterocycles. The molecule has 0 fully saturated rings. The highest BCUT2D eigenvalue weighted by molar-refractivity contribution is 7.92. The number of nitro benzene ring substituents is 1. The molecule has 130 valence electrons. The summed E-state index contributed by atoms with van der Waals surface area (Å²) in [6, 6.07) is 8.51. The molecule has 1 aliphatic heterocycles. The monoisotopic (exact) mass is 361 g/mol. The number of rotatable bonds is 4. The summed E-state index contributed by atoms with van der Waals surface area (Å²) in [5.74, 6) is -0.0759. The zero-order chi connectivity index (χ0) is 18.2. The first-order valence-corrected chi connectivity index (χ1v) is 8.95. The van der Waals surface area contributed by atoms with Crippen molar-refractivity contribution in [2.75, 3.05) is 10.0 Å². The zero-order valence-corrected chi connectivity index (χ0v) is 14.1. The molecule has 2 aromatic carbocycles. The van der Waals surface area contributed by atoms with Crippen LogP contribution < -0.4 is 10.0 Å². The Labute approximate surface area is 144 Å². The van der Waals surface area contributed by atoms with Crippen LogP contribution in [0.25, 0.3) is 0 Å². The Kier molecular flexibility index (Phi) is 4.17. The lowest BCUT2D eigenvalue weighted by Crippen LogP contribution is -2.19. The number of nitrogens with zero attached hydrogens (tertiary/aromatic N) is 1. The van der Waals surface area contributed by atoms with Crippen LogP contribution in [-0.2, 0) is 21.2 Å². The Morgan fingerprint density at radius 2 is 1.92 bits per heavy atom. The molecule has 0 aliphatic carbocycles. The van der Waals surface area contributed by atoms with Crippen LogP contribution in [0.15, 0.2) is 41.3 Å². The van der Waals surface area contributed by atoms with Crippen molar-refractivity contribution in [1.29, 1.82) is 0 Å². The van der Waals surface area contributed by atoms with E-state index in [0.717, 1.165) is 11.6 Å². The van der Waals surface area contributed by atoms with E-state index in [0.29, 0.717) is 29.8 Å². The second-order valence-corrected chi connectivity index (χ2v) is 7.38. The third-order valence-electron chi connectivity index (χ3n) is 3.93. The quantitative estimate of drug-likeness (QED) is 0.641. The van der Waals surface area contributed by atoms with Crippen molar-refractivity contribution in [2.45, 2.75) is 24.7 Å². The highest BCUT2D eigenvalue weighted by Crippen LogP contribution is 2.28. The predicted octanol–water partition coefficient (Wildman–Crippen LogP) is 2.59. The molecule has 3 rings (SSSR count). The summed E-state index contributed by atoms with van der Waals surface area (Å²) >= 11 is 0. The maximum Gasteiger partial charge on any atom is 0.270 e. The molecule has 0 spiro atoms. The topological polar surface area (TPSA) is 118 Å². The first-order valence-electron chi connectivity index (χ1n) is 7.47. The van der Waals surface area contributed by atoms with Crippen molar-refractivity contribution in [3.05, 3.63) is 57.6 Å². The maximum absolute atomic E-state index is 12.6. The molecule has 0 saturated carbocycles. The molecule has 1 aliphatic rings. The summed E-state index contributed by atoms with van der Waals surface area (Å²) in [4.78, 5) is 21.5. The number of nitro groups is 1. The highest BCUT2D eigenvalue weighted by atomic mass is 32.2. The van der Waals surface area contributed by atoms with Gasteiger partial charge in [0.1, 0.15) is 0 Å². The van der Waals surface area contributed by atoms with Crippen LogP contribution in [0.2, 0.25) is 0 Å². The van der Waals surface area contributed by atoms with Gasteiger partial charge in [-0.25, -0.2) is 8.42 Å². The molecule has 9 heteroatoms. The number of amides is 1. The number of aryl methyl sites for hydroxylation is 2. The van der Waals surface area contributed by atoms with E-state index in [9.17, 15) is 23.3 Å². The number of carbonyl (C=O) groups is 1. The molecule has 2 aromatic rings. The molecular formula is C16H15N3O5S. The average molecular weight is 361 g/mol. The van der Waals surface area contributed by atoms with Crippen molar-refractivity contribution in [3.63, 3.8) is 0 Å². The fourth-order valence-corrected chi connectivity index (χ4v) is 3.96. The van der Waals surface area contributed by atoms with Crippen LogP contribution in [0.5, 0.6) is 0 Å². The van der Waals surface area contributed by atoms with Crippen LogP contribution in [0, 0.1) is 17.0 Å². The van der Waals surface area contributed by atoms with Gasteiger partial charge in [-0.2, -0.15) is 0 Å². The van der Waals surface area contributed by atoms with Crippen molar-refractivity contribution >= 4 is 33.0 Å². The lowest BCUT2D eigenvalue weighted by molar-refractivity contribution is -0.385. The van der Waals surface area contributed by atoms with E-state index in [-0.39, 0.29) is 16.5 Å². The zero-order valence-electron chi connectivity index (χ0n) is 13.3. The number of non-ortho nitro benzene ring substituents is 1. The van der Waals surface area contributed by atoms with Gasteiger partial charge in [0.25, 0.3) is 15.7 Å². The Bertz CT molecular complexity index is 985. The Balaban J connectivity index is 1.93. The number of anilines is 2. The number of hydrogen-bond acceptors (Lipinski definition) is 5. The summed E-state index contributed by atoms with van der Waals surface area (Å²) in [5.41, 5.74) is 1.93. The van der Waals surface area contributed by atoms with E-state index in [2.05, 4.69) is 10.0 Å². The normalized spacial score (nSPS) is 13.7. The molecule has 0 radical (unpaired) electrons. The molecule has 0 aromatic heterocycles. The van der Waals surface area contributed by atoms with E-state index in [4.69, 9.17) is 0 Å². The molecule has 0 atom stereocenters. The molecule has 0 unspecified atom stereocenters. The van der Waals surface area contributed by atoms with Gasteiger partial charge < -0.3 is 5.32 Å². The van der Waals surface area contributed by atoms with Crippen molar-refractivity contribution in [2.24, 2.45) is 0 Å². The second kappa shape index (κ2) is 6.17. The van der Waals surface area contributed by atoms with Gasteiger partial charge >= 0.3 is 0 Å². The van der Waals surface area contributed by atoms with Crippen LogP contribution in [0.1, 0.15) is 17.5 Å². The number of hydrogen-bond donors (Lipinski definition) is 2. The van der Waals surface area contributed by atoms with Gasteiger partial charge in [0.2, 0.25) is 5.91 Å². The molecule has 0 bridgehead atoms. The van der Waals surface area contributed by atoms with Gasteiger partial charge in [-0.1, -0.05) is 6.07 Å². The van der Waals surface area contributed by atoms with E-state index in [1.165, 1.54) is 18.2 Å². The van der Waals surface area contributed by atoms with Crippen LogP contribution in [0.4, 0.5) is 17.1 Å². The van der Waals surface area contributed by atoms with Gasteiger partial charge in [0.15, 0.2) is 0 Å². The SMILES string of the molecule is Cc1ccc([N+](=O)[O-])cc1S(=O)(=O)Nc1ccc2c(c1)CCC(=O)N2. The van der Waals surface area contributed by atoms with E-state index < -0.39 is 14.9 Å². The number of nitrogens with one attached hydrogen (secondary N) is 2. The van der Waals surface area contributed by atoms with E-state index in [1.54, 1.807) is 19.1 Å². The van der Waals surface area contributed by atoms with Crippen molar-refractivity contribution in [3.8, 4) is 0 Å². The largest absolute Gasteiger partial charge is 0.326 e. The minimum absolute atomic E-state index is 0.0759. The van der Waals surface area contributed by atoms with Gasteiger partial charge in [0, 0.05) is 29.9 Å². The summed E-state index contributed by atoms with van der Waals surface area (Å²) < 4.78 is 27.7. The second-order valence-electron chi connectivity index (χ2n) is 5.73. The number of carbonyl (C=O) groups excluding carboxylic acids is 1. The van der Waals surface area contributed by atoms with Gasteiger partial charge in [-0.15, -0.1) is 0 Å². The Morgan fingerprint density at radius 3 is 2.64 bits per heavy atom. The standard InChI is InChI=1S/C16H15N3O5S/c1-10-2-5-13(19(21)22)9-15(10)25(23,24)18-12-4-6-14-11(8-12)3-7-16(20)17-14/h2,4-6,8-9,18H,3,7H2,1H3,(H,17,20). The van der Waals surface area contributed by atoms with E-state index >= 15 is 0 Å². The summed E-state index contributed by atoms with van der Waals surface area (Å²) in [6.45, 7) is 1.57. The highest BCUT2D eigenvalue weighted by Gasteiger charge is 2.22. The summed E-state index contributed by atoms with van der Waals surface area (Å²) in [6.07, 6.45) is 0.861. The lowest BCUT2D eigenvalue weighted by Gasteiger charge is -2.18. The minimum Gasteiger partial charge on any atom is -0.326 e. The van der Waals surface area contributed by atoms with Gasteiger partial charge in [-0.05, 0) is 42.7 Å². The number of sulfonamides is 1. The maximum atomic E-state index is 12.6. The van der Waals surface area contributed by atoms with Crippen LogP contribution in [-0.4, -0.2) is 19.2 Å². The molecule has 2 N–H and O–H groups in total. The van der Waals surface area contributed by atoms with Crippen LogP contribution >= 0.6 is 0 Å². The molecular weight excluding hydrogens is 346 g/mol. The lowest BCUT2D eigenvalue weighted by atomic mass is 10.0. The molecule has 1 heterocycles. The average Bonchev–Trinajstić information content (AvgIpc) is 2.54. The van der Waals surface area contributed by atoms with Crippen molar-refractivity contribution in [1.82, 2.24) is 0 Å². The number of benzene rings is 2. The Hall–Kier alpha value is -2.94. The fraction of sp³-hybridized carbons (Fsp3) is 0.188. The summed E-state index contributed by atoms with van der Waals surface area (Å²) in [7, 11) is -3.98. The van der Waals surface area contributed by atoms with Crippen LogP contribution in [0.3, 0.4) is 0 Å².